The fourth-order valence-electron chi connectivity index (χ4n) is 3.04. The van der Waals surface area contributed by atoms with E-state index in [1.165, 1.54) is 4.90 Å². The van der Waals surface area contributed by atoms with Crippen LogP contribution in [0.2, 0.25) is 0 Å². The van der Waals surface area contributed by atoms with E-state index in [9.17, 15) is 14.7 Å². The first-order valence-corrected chi connectivity index (χ1v) is 7.06. The quantitative estimate of drug-likeness (QED) is 0.781. The van der Waals surface area contributed by atoms with Gasteiger partial charge in [0.2, 0.25) is 0 Å². The Morgan fingerprint density at radius 1 is 1.00 bits per heavy atom. The first-order valence-electron chi connectivity index (χ1n) is 7.06. The highest BCUT2D eigenvalue weighted by Gasteiger charge is 2.38. The number of rotatable bonds is 2. The van der Waals surface area contributed by atoms with E-state index < -0.39 is 12.0 Å². The maximum absolute atomic E-state index is 12.5. The Morgan fingerprint density at radius 3 is 2.42 bits per heavy atom. The summed E-state index contributed by atoms with van der Waals surface area (Å²) in [7, 11) is 0. The molecular weight excluding hydrogens is 248 g/mol. The minimum atomic E-state index is -0.929. The molecule has 2 aliphatic heterocycles. The van der Waals surface area contributed by atoms with Crippen molar-refractivity contribution in [3.8, 4) is 0 Å². The molecule has 0 aromatic rings. The number of aliphatic hydroxyl groups is 1. The Morgan fingerprint density at radius 2 is 1.74 bits per heavy atom. The molecule has 0 aliphatic carbocycles. The van der Waals surface area contributed by atoms with Gasteiger partial charge in [0.05, 0.1) is 12.6 Å². The Balaban J connectivity index is 2.09. The zero-order chi connectivity index (χ0) is 13.8. The lowest BCUT2D eigenvalue weighted by Crippen LogP contribution is -2.52. The Kier molecular flexibility index (Phi) is 4.63. The smallest absolute Gasteiger partial charge is 0.326 e. The predicted molar refractivity (Wildman–Crippen MR) is 68.8 cm³/mol. The summed E-state index contributed by atoms with van der Waals surface area (Å²) < 4.78 is 0. The van der Waals surface area contributed by atoms with Gasteiger partial charge in [-0.1, -0.05) is 12.8 Å². The number of hydrogen-bond donors (Lipinski definition) is 2. The summed E-state index contributed by atoms with van der Waals surface area (Å²) in [6, 6.07) is -1.08. The van der Waals surface area contributed by atoms with Gasteiger partial charge in [-0.25, -0.2) is 9.59 Å². The summed E-state index contributed by atoms with van der Waals surface area (Å²) in [5.74, 6) is -0.929. The topological polar surface area (TPSA) is 81.1 Å². The van der Waals surface area contributed by atoms with Crippen molar-refractivity contribution in [1.29, 1.82) is 0 Å². The van der Waals surface area contributed by atoms with Crippen LogP contribution in [0.4, 0.5) is 4.79 Å². The number of carbonyl (C=O) groups excluding carboxylic acids is 1. The van der Waals surface area contributed by atoms with Crippen molar-refractivity contribution in [2.45, 2.75) is 50.6 Å². The van der Waals surface area contributed by atoms with Crippen LogP contribution in [0.15, 0.2) is 0 Å². The van der Waals surface area contributed by atoms with E-state index in [2.05, 4.69) is 0 Å². The molecule has 2 heterocycles. The van der Waals surface area contributed by atoms with Crippen LogP contribution in [-0.2, 0) is 4.79 Å². The molecule has 0 radical (unpaired) electrons. The van der Waals surface area contributed by atoms with Gasteiger partial charge >= 0.3 is 12.0 Å². The normalized spacial score (nSPS) is 28.3. The summed E-state index contributed by atoms with van der Waals surface area (Å²) in [6.45, 7) is 1.08. The number of hydrogen-bond acceptors (Lipinski definition) is 3. The molecule has 0 spiro atoms. The molecule has 6 heteroatoms. The molecule has 1 unspecified atom stereocenters. The second kappa shape index (κ2) is 6.23. The monoisotopic (exact) mass is 270 g/mol. The number of amides is 2. The first-order chi connectivity index (χ1) is 9.15. The van der Waals surface area contributed by atoms with Crippen LogP contribution in [-0.4, -0.2) is 63.8 Å². The zero-order valence-electron chi connectivity index (χ0n) is 11.1. The van der Waals surface area contributed by atoms with E-state index in [0.717, 1.165) is 32.1 Å². The number of aliphatic hydroxyl groups excluding tert-OH is 1. The van der Waals surface area contributed by atoms with Crippen LogP contribution < -0.4 is 0 Å². The molecule has 2 atom stereocenters. The molecule has 0 aromatic carbocycles. The molecule has 2 rings (SSSR count). The average molecular weight is 270 g/mol. The third-order valence-corrected chi connectivity index (χ3v) is 4.12. The number of carboxylic acids is 1. The van der Waals surface area contributed by atoms with Gasteiger partial charge < -0.3 is 20.0 Å². The summed E-state index contributed by atoms with van der Waals surface area (Å²) >= 11 is 0. The molecule has 0 aromatic heterocycles. The Hall–Kier alpha value is -1.30. The summed E-state index contributed by atoms with van der Waals surface area (Å²) in [4.78, 5) is 26.8. The highest BCUT2D eigenvalue weighted by Crippen LogP contribution is 2.23. The van der Waals surface area contributed by atoms with Crippen LogP contribution >= 0.6 is 0 Å². The van der Waals surface area contributed by atoms with Crippen molar-refractivity contribution in [3.63, 3.8) is 0 Å². The first kappa shape index (κ1) is 14.1. The van der Waals surface area contributed by atoms with Gasteiger partial charge in [-0.15, -0.1) is 0 Å². The largest absolute Gasteiger partial charge is 0.480 e. The van der Waals surface area contributed by atoms with E-state index in [1.807, 2.05) is 0 Å². The summed E-state index contributed by atoms with van der Waals surface area (Å²) in [6.07, 6.45) is 5.06. The van der Waals surface area contributed by atoms with Crippen molar-refractivity contribution in [3.05, 3.63) is 0 Å². The second-order valence-corrected chi connectivity index (χ2v) is 5.35. The third kappa shape index (κ3) is 3.00. The minimum absolute atomic E-state index is 0.0443. The zero-order valence-corrected chi connectivity index (χ0v) is 11.1. The van der Waals surface area contributed by atoms with E-state index in [4.69, 9.17) is 5.11 Å². The number of likely N-dealkylation sites (tertiary alicyclic amines) is 2. The lowest BCUT2D eigenvalue weighted by Gasteiger charge is -2.34. The van der Waals surface area contributed by atoms with Gasteiger partial charge in [0.15, 0.2) is 0 Å². The number of nitrogens with zero attached hydrogens (tertiary/aromatic N) is 2. The van der Waals surface area contributed by atoms with Crippen molar-refractivity contribution in [1.82, 2.24) is 9.80 Å². The molecule has 2 N–H and O–H groups in total. The number of urea groups is 1. The molecule has 2 aliphatic rings. The summed E-state index contributed by atoms with van der Waals surface area (Å²) in [5.41, 5.74) is 0. The van der Waals surface area contributed by atoms with E-state index in [1.54, 1.807) is 4.90 Å². The predicted octanol–water partition coefficient (Wildman–Crippen LogP) is 0.892. The standard InChI is InChI=1S/C13H22N2O4/c16-9-10-5-2-1-3-7-14(10)13(19)15-8-4-6-11(15)12(17)18/h10-11,16H,1-9H2,(H,17,18)/t10?,11-/m1/s1. The lowest BCUT2D eigenvalue weighted by atomic mass is 10.1. The summed E-state index contributed by atoms with van der Waals surface area (Å²) in [5, 5.41) is 18.6. The van der Waals surface area contributed by atoms with E-state index in [-0.39, 0.29) is 18.7 Å². The minimum Gasteiger partial charge on any atom is -0.480 e. The van der Waals surface area contributed by atoms with Gasteiger partial charge in [-0.2, -0.15) is 0 Å². The highest BCUT2D eigenvalue weighted by atomic mass is 16.4. The highest BCUT2D eigenvalue weighted by molar-refractivity contribution is 5.83. The van der Waals surface area contributed by atoms with Crippen LogP contribution in [0, 0.1) is 0 Å². The van der Waals surface area contributed by atoms with Gasteiger partial charge in [0.25, 0.3) is 0 Å². The number of carboxylic acid groups (broad SMARTS) is 1. The number of carbonyl (C=O) groups is 2. The van der Waals surface area contributed by atoms with Crippen LogP contribution in [0.1, 0.15) is 38.5 Å². The number of aliphatic carboxylic acids is 1. The van der Waals surface area contributed by atoms with Gasteiger partial charge in [-0.3, -0.25) is 0 Å². The van der Waals surface area contributed by atoms with Gasteiger partial charge in [0, 0.05) is 13.1 Å². The fraction of sp³-hybridized carbons (Fsp3) is 0.846. The molecule has 2 fully saturated rings. The molecule has 2 amide bonds. The lowest BCUT2D eigenvalue weighted by molar-refractivity contribution is -0.141. The second-order valence-electron chi connectivity index (χ2n) is 5.35. The SMILES string of the molecule is O=C(O)[C@H]1CCCN1C(=O)N1CCCCCC1CO. The van der Waals surface area contributed by atoms with Crippen molar-refractivity contribution < 1.29 is 19.8 Å². The van der Waals surface area contributed by atoms with Crippen molar-refractivity contribution in [2.24, 2.45) is 0 Å². The Labute approximate surface area is 113 Å². The molecule has 19 heavy (non-hydrogen) atoms. The van der Waals surface area contributed by atoms with Crippen LogP contribution in [0.3, 0.4) is 0 Å². The van der Waals surface area contributed by atoms with Gasteiger partial charge in [-0.05, 0) is 25.7 Å². The maximum Gasteiger partial charge on any atom is 0.326 e. The van der Waals surface area contributed by atoms with Gasteiger partial charge in [0.1, 0.15) is 6.04 Å². The molecular formula is C13H22N2O4. The van der Waals surface area contributed by atoms with E-state index >= 15 is 0 Å². The Bertz CT molecular complexity index is 348. The van der Waals surface area contributed by atoms with Crippen molar-refractivity contribution in [2.75, 3.05) is 19.7 Å². The maximum atomic E-state index is 12.5. The molecule has 2 saturated heterocycles. The third-order valence-electron chi connectivity index (χ3n) is 4.12. The molecule has 0 bridgehead atoms. The molecule has 6 nitrogen and oxygen atoms in total. The molecule has 0 saturated carbocycles. The van der Waals surface area contributed by atoms with Crippen molar-refractivity contribution >= 4 is 12.0 Å². The fourth-order valence-corrected chi connectivity index (χ4v) is 3.04. The van der Waals surface area contributed by atoms with Crippen LogP contribution in [0.5, 0.6) is 0 Å². The molecule has 108 valence electrons. The average Bonchev–Trinajstić information content (AvgIpc) is 2.76. The van der Waals surface area contributed by atoms with E-state index in [0.29, 0.717) is 19.5 Å². The van der Waals surface area contributed by atoms with Crippen LogP contribution in [0.25, 0.3) is 0 Å².